The predicted molar refractivity (Wildman–Crippen MR) is 64.6 cm³/mol. The maximum absolute atomic E-state index is 11.9. The van der Waals surface area contributed by atoms with Crippen LogP contribution < -0.4 is 5.32 Å². The van der Waals surface area contributed by atoms with Crippen molar-refractivity contribution in [3.8, 4) is 11.8 Å². The van der Waals surface area contributed by atoms with E-state index in [0.717, 1.165) is 5.56 Å². The second-order valence-electron chi connectivity index (χ2n) is 4.27. The number of nitriles is 1. The van der Waals surface area contributed by atoms with Gasteiger partial charge < -0.3 is 10.4 Å². The van der Waals surface area contributed by atoms with Gasteiger partial charge in [0.1, 0.15) is 11.3 Å². The van der Waals surface area contributed by atoms with E-state index in [2.05, 4.69) is 5.32 Å². The Morgan fingerprint density at radius 3 is 2.76 bits per heavy atom. The summed E-state index contributed by atoms with van der Waals surface area (Å²) in [5, 5.41) is 21.2. The molecule has 1 amide bonds. The lowest BCUT2D eigenvalue weighted by atomic mass is 10.00. The molecule has 4 heteroatoms. The van der Waals surface area contributed by atoms with Crippen molar-refractivity contribution in [1.29, 1.82) is 5.26 Å². The van der Waals surface area contributed by atoms with Gasteiger partial charge in [0.25, 0.3) is 5.91 Å². The van der Waals surface area contributed by atoms with E-state index in [-0.39, 0.29) is 11.3 Å². The van der Waals surface area contributed by atoms with Gasteiger partial charge in [-0.1, -0.05) is 18.6 Å². The zero-order valence-electron chi connectivity index (χ0n) is 10.2. The van der Waals surface area contributed by atoms with Gasteiger partial charge in [0.2, 0.25) is 0 Å². The van der Waals surface area contributed by atoms with E-state index >= 15 is 0 Å². The molecule has 0 fully saturated rings. The second-order valence-corrected chi connectivity index (χ2v) is 4.27. The summed E-state index contributed by atoms with van der Waals surface area (Å²) in [7, 11) is 0. The fourth-order valence-electron chi connectivity index (χ4n) is 1.35. The van der Waals surface area contributed by atoms with E-state index in [1.54, 1.807) is 19.1 Å². The Labute approximate surface area is 101 Å². The van der Waals surface area contributed by atoms with Crippen LogP contribution in [0.1, 0.15) is 36.2 Å². The van der Waals surface area contributed by atoms with Crippen molar-refractivity contribution in [2.45, 2.75) is 32.7 Å². The molecular formula is C13H16N2O2. The van der Waals surface area contributed by atoms with E-state index in [9.17, 15) is 9.90 Å². The molecule has 0 aliphatic rings. The van der Waals surface area contributed by atoms with E-state index in [1.165, 1.54) is 6.07 Å². The Morgan fingerprint density at radius 1 is 1.59 bits per heavy atom. The number of carbonyl (C=O) groups excluding carboxylic acids is 1. The molecule has 0 saturated heterocycles. The van der Waals surface area contributed by atoms with Crippen molar-refractivity contribution < 1.29 is 9.90 Å². The minimum absolute atomic E-state index is 0.0792. The molecule has 0 spiro atoms. The van der Waals surface area contributed by atoms with Crippen LogP contribution in [-0.4, -0.2) is 16.6 Å². The SMILES string of the molecule is CCC(C)(C#N)NC(=O)c1cc(C)ccc1O. The molecule has 1 aromatic rings. The Balaban J connectivity index is 2.99. The molecular weight excluding hydrogens is 216 g/mol. The summed E-state index contributed by atoms with van der Waals surface area (Å²) in [4.78, 5) is 11.9. The topological polar surface area (TPSA) is 73.1 Å². The van der Waals surface area contributed by atoms with Crippen molar-refractivity contribution in [1.82, 2.24) is 5.32 Å². The molecule has 1 atom stereocenters. The number of hydrogen-bond donors (Lipinski definition) is 2. The first-order valence-corrected chi connectivity index (χ1v) is 5.45. The van der Waals surface area contributed by atoms with Gasteiger partial charge in [-0.3, -0.25) is 4.79 Å². The van der Waals surface area contributed by atoms with Gasteiger partial charge in [-0.15, -0.1) is 0 Å². The summed E-state index contributed by atoms with van der Waals surface area (Å²) >= 11 is 0. The van der Waals surface area contributed by atoms with Crippen molar-refractivity contribution in [2.75, 3.05) is 0 Å². The Bertz CT molecular complexity index is 477. The maximum atomic E-state index is 11.9. The number of amides is 1. The van der Waals surface area contributed by atoms with E-state index in [4.69, 9.17) is 5.26 Å². The van der Waals surface area contributed by atoms with Gasteiger partial charge in [0.15, 0.2) is 0 Å². The third-order valence-corrected chi connectivity index (χ3v) is 2.74. The van der Waals surface area contributed by atoms with Gasteiger partial charge >= 0.3 is 0 Å². The van der Waals surface area contributed by atoms with Crippen LogP contribution in [-0.2, 0) is 0 Å². The molecule has 0 aliphatic heterocycles. The number of carbonyl (C=O) groups is 1. The van der Waals surface area contributed by atoms with Crippen LogP contribution in [0.3, 0.4) is 0 Å². The second kappa shape index (κ2) is 4.88. The van der Waals surface area contributed by atoms with E-state index in [1.807, 2.05) is 19.9 Å². The summed E-state index contributed by atoms with van der Waals surface area (Å²) in [5.74, 6) is -0.512. The standard InChI is InChI=1S/C13H16N2O2/c1-4-13(3,8-14)15-12(17)10-7-9(2)5-6-11(10)16/h5-7,16H,4H2,1-3H3,(H,15,17). The van der Waals surface area contributed by atoms with Gasteiger partial charge in [0.05, 0.1) is 11.6 Å². The molecule has 1 unspecified atom stereocenters. The minimum atomic E-state index is -0.909. The fourth-order valence-corrected chi connectivity index (χ4v) is 1.35. The van der Waals surface area contributed by atoms with Crippen LogP contribution in [0.15, 0.2) is 18.2 Å². The van der Waals surface area contributed by atoms with Gasteiger partial charge in [-0.25, -0.2) is 0 Å². The number of phenols is 1. The molecule has 1 aromatic carbocycles. The molecule has 1 rings (SSSR count). The zero-order chi connectivity index (χ0) is 13.1. The number of phenolic OH excluding ortho intramolecular Hbond substituents is 1. The third kappa shape index (κ3) is 2.97. The monoisotopic (exact) mass is 232 g/mol. The average Bonchev–Trinajstić information content (AvgIpc) is 2.32. The molecule has 0 aromatic heterocycles. The molecule has 0 heterocycles. The summed E-state index contributed by atoms with van der Waals surface area (Å²) in [6, 6.07) is 6.83. The summed E-state index contributed by atoms with van der Waals surface area (Å²) in [6.07, 6.45) is 0.502. The molecule has 17 heavy (non-hydrogen) atoms. The van der Waals surface area contributed by atoms with Crippen molar-refractivity contribution in [3.05, 3.63) is 29.3 Å². The average molecular weight is 232 g/mol. The highest BCUT2D eigenvalue weighted by Gasteiger charge is 2.25. The number of rotatable bonds is 3. The Morgan fingerprint density at radius 2 is 2.24 bits per heavy atom. The number of hydrogen-bond acceptors (Lipinski definition) is 3. The first-order valence-electron chi connectivity index (χ1n) is 5.45. The number of aromatic hydroxyl groups is 1. The van der Waals surface area contributed by atoms with Crippen LogP contribution in [0.2, 0.25) is 0 Å². The number of aryl methyl sites for hydroxylation is 1. The van der Waals surface area contributed by atoms with Crippen molar-refractivity contribution in [3.63, 3.8) is 0 Å². The normalized spacial score (nSPS) is 13.5. The molecule has 90 valence electrons. The molecule has 4 nitrogen and oxygen atoms in total. The largest absolute Gasteiger partial charge is 0.507 e. The van der Waals surface area contributed by atoms with Crippen LogP contribution >= 0.6 is 0 Å². The maximum Gasteiger partial charge on any atom is 0.256 e. The summed E-state index contributed by atoms with van der Waals surface area (Å²) in [6.45, 7) is 5.30. The number of nitrogens with zero attached hydrogens (tertiary/aromatic N) is 1. The van der Waals surface area contributed by atoms with Crippen LogP contribution in [0, 0.1) is 18.3 Å². The van der Waals surface area contributed by atoms with E-state index < -0.39 is 11.4 Å². The van der Waals surface area contributed by atoms with E-state index in [0.29, 0.717) is 6.42 Å². The van der Waals surface area contributed by atoms with Crippen LogP contribution in [0.25, 0.3) is 0 Å². The molecule has 0 aliphatic carbocycles. The molecule has 0 saturated carbocycles. The summed E-state index contributed by atoms with van der Waals surface area (Å²) in [5.41, 5.74) is 0.163. The highest BCUT2D eigenvalue weighted by Crippen LogP contribution is 2.19. The first-order chi connectivity index (χ1) is 7.91. The van der Waals surface area contributed by atoms with Crippen LogP contribution in [0.5, 0.6) is 5.75 Å². The minimum Gasteiger partial charge on any atom is -0.507 e. The lowest BCUT2D eigenvalue weighted by molar-refractivity contribution is 0.0920. The lowest BCUT2D eigenvalue weighted by Gasteiger charge is -2.21. The first kappa shape index (κ1) is 13.0. The number of benzene rings is 1. The third-order valence-electron chi connectivity index (χ3n) is 2.74. The smallest absolute Gasteiger partial charge is 0.256 e. The fraction of sp³-hybridized carbons (Fsp3) is 0.385. The quantitative estimate of drug-likeness (QED) is 0.838. The van der Waals surface area contributed by atoms with Crippen molar-refractivity contribution >= 4 is 5.91 Å². The van der Waals surface area contributed by atoms with Gasteiger partial charge in [-0.05, 0) is 32.4 Å². The van der Waals surface area contributed by atoms with Crippen LogP contribution in [0.4, 0.5) is 0 Å². The highest BCUT2D eigenvalue weighted by atomic mass is 16.3. The predicted octanol–water partition coefficient (Wildman–Crippen LogP) is 2.12. The molecule has 0 bridgehead atoms. The Kier molecular flexibility index (Phi) is 3.74. The van der Waals surface area contributed by atoms with Gasteiger partial charge in [-0.2, -0.15) is 5.26 Å². The molecule has 0 radical (unpaired) electrons. The number of nitrogens with one attached hydrogen (secondary N) is 1. The Hall–Kier alpha value is -2.02. The lowest BCUT2D eigenvalue weighted by Crippen LogP contribution is -2.44. The van der Waals surface area contributed by atoms with Gasteiger partial charge in [0, 0.05) is 0 Å². The molecule has 2 N–H and O–H groups in total. The highest BCUT2D eigenvalue weighted by molar-refractivity contribution is 5.97. The van der Waals surface area contributed by atoms with Crippen molar-refractivity contribution in [2.24, 2.45) is 0 Å². The summed E-state index contributed by atoms with van der Waals surface area (Å²) < 4.78 is 0. The zero-order valence-corrected chi connectivity index (χ0v) is 10.2.